The monoisotopic (exact) mass is 640 g/mol. The topological polar surface area (TPSA) is 32.8 Å². The Bertz CT molecular complexity index is 1750. The van der Waals surface area contributed by atoms with E-state index in [0.29, 0.717) is 11.7 Å². The molecule has 0 spiro atoms. The van der Waals surface area contributed by atoms with Crippen molar-refractivity contribution in [2.75, 3.05) is 9.80 Å². The van der Waals surface area contributed by atoms with Crippen molar-refractivity contribution in [2.24, 2.45) is 22.7 Å². The number of anilines is 5. The third-order valence-electron chi connectivity index (χ3n) is 9.19. The van der Waals surface area contributed by atoms with E-state index in [1.165, 1.54) is 16.8 Å². The predicted octanol–water partition coefficient (Wildman–Crippen LogP) is 12.5. The van der Waals surface area contributed by atoms with E-state index < -0.39 is 0 Å². The van der Waals surface area contributed by atoms with Gasteiger partial charge in [0.2, 0.25) is 0 Å². The molecule has 4 aromatic carbocycles. The van der Waals surface area contributed by atoms with Crippen LogP contribution in [0.5, 0.6) is 5.75 Å². The van der Waals surface area contributed by atoms with E-state index in [1.54, 1.807) is 0 Å². The lowest BCUT2D eigenvalue weighted by molar-refractivity contribution is -0.144. The number of carbonyl (C=O) groups excluding carboxylic acids is 1. The van der Waals surface area contributed by atoms with Crippen molar-refractivity contribution in [1.82, 2.24) is 0 Å². The van der Waals surface area contributed by atoms with Crippen LogP contribution in [0.2, 0.25) is 0 Å². The van der Waals surface area contributed by atoms with E-state index in [1.807, 2.05) is 24.3 Å². The largest absolute Gasteiger partial charge is 0.426 e. The van der Waals surface area contributed by atoms with Crippen LogP contribution >= 0.6 is 0 Å². The fraction of sp³-hybridized carbons (Fsp3) is 0.341. The summed E-state index contributed by atoms with van der Waals surface area (Å²) in [5.74, 6) is 0.729. The maximum atomic E-state index is 13.4. The van der Waals surface area contributed by atoms with Crippen molar-refractivity contribution < 1.29 is 9.53 Å². The van der Waals surface area contributed by atoms with Gasteiger partial charge in [-0.25, -0.2) is 0 Å². The van der Waals surface area contributed by atoms with Crippen molar-refractivity contribution in [3.63, 3.8) is 0 Å². The second-order valence-corrected chi connectivity index (χ2v) is 15.6. The zero-order chi connectivity index (χ0) is 34.6. The Morgan fingerprint density at radius 1 is 0.729 bits per heavy atom. The van der Waals surface area contributed by atoms with E-state index >= 15 is 0 Å². The lowest BCUT2D eigenvalue weighted by Crippen LogP contribution is -2.35. The Balaban J connectivity index is 1.47. The smallest absolute Gasteiger partial charge is 0.314 e. The van der Waals surface area contributed by atoms with Gasteiger partial charge in [-0.05, 0) is 128 Å². The highest BCUT2D eigenvalue weighted by Crippen LogP contribution is 2.40. The molecule has 0 aliphatic heterocycles. The molecule has 0 fully saturated rings. The van der Waals surface area contributed by atoms with Crippen LogP contribution in [0.25, 0.3) is 0 Å². The minimum Gasteiger partial charge on any atom is -0.426 e. The Morgan fingerprint density at radius 3 is 1.81 bits per heavy atom. The van der Waals surface area contributed by atoms with Crippen molar-refractivity contribution in [3.05, 3.63) is 132 Å². The highest BCUT2D eigenvalue weighted by molar-refractivity contribution is 5.80. The zero-order valence-corrected chi connectivity index (χ0v) is 30.2. The van der Waals surface area contributed by atoms with Gasteiger partial charge in [-0.3, -0.25) is 4.79 Å². The summed E-state index contributed by atoms with van der Waals surface area (Å²) >= 11 is 0. The molecule has 4 aromatic rings. The van der Waals surface area contributed by atoms with Crippen LogP contribution < -0.4 is 14.5 Å². The minimum atomic E-state index is -0.206. The van der Waals surface area contributed by atoms with Gasteiger partial charge in [0, 0.05) is 34.1 Å². The molecule has 48 heavy (non-hydrogen) atoms. The lowest BCUT2D eigenvalue weighted by Gasteiger charge is -2.33. The number of nitrogens with zero attached hydrogens (tertiary/aromatic N) is 2. The second-order valence-electron chi connectivity index (χ2n) is 15.6. The molecular weight excluding hydrogens is 588 g/mol. The molecule has 4 nitrogen and oxygen atoms in total. The van der Waals surface area contributed by atoms with Crippen LogP contribution in [0, 0.1) is 29.6 Å². The van der Waals surface area contributed by atoms with E-state index in [4.69, 9.17) is 4.74 Å². The normalized spacial score (nSPS) is 15.6. The highest BCUT2D eigenvalue weighted by Gasteiger charge is 2.36. The van der Waals surface area contributed by atoms with Gasteiger partial charge < -0.3 is 14.5 Å². The van der Waals surface area contributed by atoms with Crippen LogP contribution in [0.3, 0.4) is 0 Å². The molecule has 0 aromatic heterocycles. The number of ether oxygens (including phenoxy) is 1. The molecule has 0 bridgehead atoms. The molecule has 0 saturated heterocycles. The summed E-state index contributed by atoms with van der Waals surface area (Å²) in [6.07, 6.45) is 6.45. The fourth-order valence-corrected chi connectivity index (χ4v) is 6.27. The molecular formula is C44H52N2O2. The maximum Gasteiger partial charge on any atom is 0.314 e. The molecule has 0 heterocycles. The van der Waals surface area contributed by atoms with Crippen molar-refractivity contribution >= 4 is 34.4 Å². The summed E-state index contributed by atoms with van der Waals surface area (Å²) in [6, 6.07) is 35.7. The first-order chi connectivity index (χ1) is 22.7. The average molecular weight is 641 g/mol. The number of rotatable bonds is 9. The first-order valence-electron chi connectivity index (χ1n) is 17.2. The summed E-state index contributed by atoms with van der Waals surface area (Å²) < 4.78 is 6.00. The molecule has 0 amide bonds. The number of para-hydroxylation sites is 1. The predicted molar refractivity (Wildman–Crippen MR) is 203 cm³/mol. The summed E-state index contributed by atoms with van der Waals surface area (Å²) in [4.78, 5) is 18.0. The van der Waals surface area contributed by atoms with Gasteiger partial charge in [-0.15, -0.1) is 0 Å². The third kappa shape index (κ3) is 8.47. The average Bonchev–Trinajstić information content (AvgIpc) is 3.03. The molecule has 1 aliphatic rings. The quantitative estimate of drug-likeness (QED) is 0.135. The first kappa shape index (κ1) is 34.8. The van der Waals surface area contributed by atoms with Crippen LogP contribution in [0.15, 0.2) is 127 Å². The highest BCUT2D eigenvalue weighted by atomic mass is 16.5. The van der Waals surface area contributed by atoms with Crippen molar-refractivity contribution in [2.45, 2.75) is 75.2 Å². The maximum absolute atomic E-state index is 13.4. The van der Waals surface area contributed by atoms with Crippen LogP contribution in [0.4, 0.5) is 28.4 Å². The van der Waals surface area contributed by atoms with Gasteiger partial charge in [0.1, 0.15) is 5.75 Å². The second kappa shape index (κ2) is 14.3. The Hall–Kier alpha value is -4.57. The first-order valence-corrected chi connectivity index (χ1v) is 17.2. The standard InChI is InChI=1S/C44H52N2O2/c1-31-14-13-17-38(28-31)46(37-24-26-40(27-25-37)48-42(47)41(44(7,8)9)30-43(4,5)6)36-22-20-35(21-23-36)45(34-15-11-10-12-16-34)39-19-18-32(2)33(3)29-39/h10-17,19-29,32,41H,18,30H2,1-9H3. The zero-order valence-electron chi connectivity index (χ0n) is 30.2. The van der Waals surface area contributed by atoms with Gasteiger partial charge in [-0.1, -0.05) is 90.4 Å². The van der Waals surface area contributed by atoms with Crippen LogP contribution in [-0.2, 0) is 4.79 Å². The number of benzene rings is 4. The number of carbonyl (C=O) groups is 1. The van der Waals surface area contributed by atoms with E-state index in [2.05, 4.69) is 163 Å². The number of allylic oxidation sites excluding steroid dienone is 3. The Morgan fingerprint density at radius 2 is 1.27 bits per heavy atom. The molecule has 2 unspecified atom stereocenters. The van der Waals surface area contributed by atoms with Gasteiger partial charge in [0.15, 0.2) is 0 Å². The van der Waals surface area contributed by atoms with Crippen molar-refractivity contribution in [1.29, 1.82) is 0 Å². The van der Waals surface area contributed by atoms with Gasteiger partial charge in [0.25, 0.3) is 0 Å². The molecule has 0 radical (unpaired) electrons. The molecule has 4 heteroatoms. The van der Waals surface area contributed by atoms with Gasteiger partial charge >= 0.3 is 5.97 Å². The van der Waals surface area contributed by atoms with E-state index in [-0.39, 0.29) is 22.7 Å². The molecule has 0 saturated carbocycles. The number of hydrogen-bond donors (Lipinski definition) is 0. The van der Waals surface area contributed by atoms with Crippen molar-refractivity contribution in [3.8, 4) is 5.75 Å². The SMILES string of the molecule is CC1=CC(N(c2ccccc2)c2ccc(N(c3ccc(OC(=O)C(CC(C)(C)C)C(C)(C)C)cc3)c3cccc(C)c3)cc2)=CCC1C. The van der Waals surface area contributed by atoms with Crippen LogP contribution in [0.1, 0.15) is 73.8 Å². The lowest BCUT2D eigenvalue weighted by atomic mass is 9.72. The summed E-state index contributed by atoms with van der Waals surface area (Å²) in [5.41, 5.74) is 8.91. The van der Waals surface area contributed by atoms with Gasteiger partial charge in [-0.2, -0.15) is 0 Å². The Kier molecular flexibility index (Phi) is 10.3. The minimum absolute atomic E-state index is 0.0182. The molecule has 5 rings (SSSR count). The fourth-order valence-electron chi connectivity index (χ4n) is 6.27. The number of esters is 1. The van der Waals surface area contributed by atoms with Crippen LogP contribution in [-0.4, -0.2) is 5.97 Å². The summed E-state index contributed by atoms with van der Waals surface area (Å²) in [6.45, 7) is 19.5. The molecule has 0 N–H and O–H groups in total. The third-order valence-corrected chi connectivity index (χ3v) is 9.19. The van der Waals surface area contributed by atoms with E-state index in [9.17, 15) is 4.79 Å². The van der Waals surface area contributed by atoms with Gasteiger partial charge in [0.05, 0.1) is 5.92 Å². The molecule has 250 valence electrons. The number of aryl methyl sites for hydroxylation is 1. The summed E-state index contributed by atoms with van der Waals surface area (Å²) in [7, 11) is 0. The molecule has 2 atom stereocenters. The Labute approximate surface area is 288 Å². The molecule has 1 aliphatic carbocycles. The van der Waals surface area contributed by atoms with E-state index in [0.717, 1.165) is 41.3 Å². The number of hydrogen-bond acceptors (Lipinski definition) is 4. The summed E-state index contributed by atoms with van der Waals surface area (Å²) in [5, 5.41) is 0.